The first-order chi connectivity index (χ1) is 8.51. The van der Waals surface area contributed by atoms with Gasteiger partial charge in [0.2, 0.25) is 5.91 Å². The summed E-state index contributed by atoms with van der Waals surface area (Å²) in [6.45, 7) is 4.07. The minimum Gasteiger partial charge on any atom is -0.383 e. The van der Waals surface area contributed by atoms with Crippen molar-refractivity contribution in [3.05, 3.63) is 6.07 Å². The number of nitrogens with two attached hydrogens (primary N) is 2. The molecule has 0 bridgehead atoms. The molecule has 100 valence electrons. The van der Waals surface area contributed by atoms with Gasteiger partial charge in [-0.05, 0) is 13.3 Å². The van der Waals surface area contributed by atoms with Gasteiger partial charge in [-0.1, -0.05) is 25.1 Å². The molecule has 0 saturated carbocycles. The maximum Gasteiger partial charge on any atom is 0.230 e. The maximum absolute atomic E-state index is 11.6. The topological polar surface area (TPSA) is 107 Å². The number of hydrogen-bond donors (Lipinski definition) is 3. The van der Waals surface area contributed by atoms with Crippen LogP contribution in [0.1, 0.15) is 26.7 Å². The molecule has 1 rings (SSSR count). The van der Waals surface area contributed by atoms with E-state index in [4.69, 9.17) is 11.5 Å². The van der Waals surface area contributed by atoms with Crippen molar-refractivity contribution < 1.29 is 4.79 Å². The Morgan fingerprint density at radius 2 is 2.06 bits per heavy atom. The predicted molar refractivity (Wildman–Crippen MR) is 74.1 cm³/mol. The number of hydrogen-bond acceptors (Lipinski definition) is 6. The summed E-state index contributed by atoms with van der Waals surface area (Å²) in [5, 5.41) is 3.32. The number of amides is 1. The first-order valence-electron chi connectivity index (χ1n) is 5.83. The van der Waals surface area contributed by atoms with Crippen LogP contribution in [0.25, 0.3) is 0 Å². The SMILES string of the molecule is CCC[C@H](C)NC(=O)CSc1nc(N)cc(N)n1. The number of rotatable bonds is 6. The molecule has 18 heavy (non-hydrogen) atoms. The van der Waals surface area contributed by atoms with Crippen molar-refractivity contribution >= 4 is 29.3 Å². The molecule has 6 nitrogen and oxygen atoms in total. The van der Waals surface area contributed by atoms with Crippen LogP contribution < -0.4 is 16.8 Å². The van der Waals surface area contributed by atoms with Crippen LogP contribution >= 0.6 is 11.8 Å². The van der Waals surface area contributed by atoms with Crippen LogP contribution in [0.5, 0.6) is 0 Å². The van der Waals surface area contributed by atoms with E-state index in [1.165, 1.54) is 17.8 Å². The van der Waals surface area contributed by atoms with Gasteiger partial charge < -0.3 is 16.8 Å². The number of anilines is 2. The third kappa shape index (κ3) is 5.22. The second-order valence-electron chi connectivity index (χ2n) is 4.05. The Balaban J connectivity index is 2.42. The molecule has 0 fully saturated rings. The van der Waals surface area contributed by atoms with Gasteiger partial charge in [0.05, 0.1) is 5.75 Å². The molecule has 1 amide bonds. The number of carbonyl (C=O) groups excluding carboxylic acids is 1. The molecule has 1 aromatic heterocycles. The number of carbonyl (C=O) groups is 1. The third-order valence-corrected chi connectivity index (χ3v) is 3.05. The molecular formula is C11H19N5OS. The van der Waals surface area contributed by atoms with Crippen molar-refractivity contribution in [2.45, 2.75) is 37.9 Å². The third-order valence-electron chi connectivity index (χ3n) is 2.21. The molecule has 0 radical (unpaired) electrons. The highest BCUT2D eigenvalue weighted by atomic mass is 32.2. The second-order valence-corrected chi connectivity index (χ2v) is 4.99. The summed E-state index contributed by atoms with van der Waals surface area (Å²) in [6.07, 6.45) is 2.02. The van der Waals surface area contributed by atoms with Crippen LogP contribution in [0, 0.1) is 0 Å². The van der Waals surface area contributed by atoms with Crippen molar-refractivity contribution in [1.29, 1.82) is 0 Å². The van der Waals surface area contributed by atoms with Crippen LogP contribution in [0.3, 0.4) is 0 Å². The Labute approximate surface area is 111 Å². The van der Waals surface area contributed by atoms with E-state index in [9.17, 15) is 4.79 Å². The molecule has 5 N–H and O–H groups in total. The Bertz CT molecular complexity index is 392. The summed E-state index contributed by atoms with van der Waals surface area (Å²) in [4.78, 5) is 19.6. The smallest absolute Gasteiger partial charge is 0.230 e. The second kappa shape index (κ2) is 7.05. The molecule has 1 heterocycles. The average Bonchev–Trinajstić information content (AvgIpc) is 2.25. The van der Waals surface area contributed by atoms with Crippen molar-refractivity contribution in [2.75, 3.05) is 17.2 Å². The minimum absolute atomic E-state index is 0.0365. The lowest BCUT2D eigenvalue weighted by atomic mass is 10.2. The summed E-state index contributed by atoms with van der Waals surface area (Å²) in [6, 6.07) is 1.67. The maximum atomic E-state index is 11.6. The molecule has 0 aliphatic carbocycles. The fraction of sp³-hybridized carbons (Fsp3) is 0.545. The van der Waals surface area contributed by atoms with Crippen LogP contribution in [0.15, 0.2) is 11.2 Å². The lowest BCUT2D eigenvalue weighted by Crippen LogP contribution is -2.33. The highest BCUT2D eigenvalue weighted by Crippen LogP contribution is 2.15. The van der Waals surface area contributed by atoms with Gasteiger partial charge in [0.15, 0.2) is 5.16 Å². The van der Waals surface area contributed by atoms with E-state index < -0.39 is 0 Å². The van der Waals surface area contributed by atoms with Crippen LogP contribution in [0.4, 0.5) is 11.6 Å². The summed E-state index contributed by atoms with van der Waals surface area (Å²) < 4.78 is 0. The van der Waals surface area contributed by atoms with Crippen molar-refractivity contribution in [2.24, 2.45) is 0 Å². The van der Waals surface area contributed by atoms with E-state index in [2.05, 4.69) is 22.2 Å². The summed E-state index contributed by atoms with van der Waals surface area (Å²) in [5.74, 6) is 0.844. The molecule has 7 heteroatoms. The summed E-state index contributed by atoms with van der Waals surface area (Å²) >= 11 is 1.22. The van der Waals surface area contributed by atoms with E-state index >= 15 is 0 Å². The number of nitrogen functional groups attached to an aromatic ring is 2. The normalized spacial score (nSPS) is 12.1. The number of nitrogens with zero attached hydrogens (tertiary/aromatic N) is 2. The van der Waals surface area contributed by atoms with Gasteiger partial charge in [-0.3, -0.25) is 4.79 Å². The molecular weight excluding hydrogens is 250 g/mol. The summed E-state index contributed by atoms with van der Waals surface area (Å²) in [5.41, 5.74) is 11.1. The van der Waals surface area contributed by atoms with Gasteiger partial charge in [-0.2, -0.15) is 0 Å². The molecule has 0 saturated heterocycles. The average molecular weight is 269 g/mol. The molecule has 0 aliphatic rings. The van der Waals surface area contributed by atoms with Gasteiger partial charge in [0.25, 0.3) is 0 Å². The lowest BCUT2D eigenvalue weighted by Gasteiger charge is -2.12. The zero-order valence-corrected chi connectivity index (χ0v) is 11.5. The molecule has 1 aromatic rings. The van der Waals surface area contributed by atoms with Crippen molar-refractivity contribution in [3.63, 3.8) is 0 Å². The van der Waals surface area contributed by atoms with E-state index in [0.717, 1.165) is 12.8 Å². The fourth-order valence-electron chi connectivity index (χ4n) is 1.48. The predicted octanol–water partition coefficient (Wildman–Crippen LogP) is 1.04. The first kappa shape index (κ1) is 14.6. The monoisotopic (exact) mass is 269 g/mol. The minimum atomic E-state index is -0.0365. The Kier molecular flexibility index (Phi) is 5.70. The zero-order chi connectivity index (χ0) is 13.5. The first-order valence-corrected chi connectivity index (χ1v) is 6.82. The van der Waals surface area contributed by atoms with Crippen molar-refractivity contribution in [1.82, 2.24) is 15.3 Å². The van der Waals surface area contributed by atoms with E-state index in [-0.39, 0.29) is 17.7 Å². The fourth-order valence-corrected chi connectivity index (χ4v) is 2.16. The molecule has 0 aromatic carbocycles. The van der Waals surface area contributed by atoms with E-state index in [1.54, 1.807) is 0 Å². The number of nitrogens with one attached hydrogen (secondary N) is 1. The Hall–Kier alpha value is -1.50. The van der Waals surface area contributed by atoms with Crippen LogP contribution in [0.2, 0.25) is 0 Å². The molecule has 0 aliphatic heterocycles. The van der Waals surface area contributed by atoms with Crippen LogP contribution in [-0.4, -0.2) is 27.7 Å². The molecule has 1 atom stereocenters. The van der Waals surface area contributed by atoms with Crippen molar-refractivity contribution in [3.8, 4) is 0 Å². The van der Waals surface area contributed by atoms with E-state index in [0.29, 0.717) is 16.8 Å². The molecule has 0 spiro atoms. The summed E-state index contributed by atoms with van der Waals surface area (Å²) in [7, 11) is 0. The molecule has 0 unspecified atom stereocenters. The number of aromatic nitrogens is 2. The van der Waals surface area contributed by atoms with Gasteiger partial charge >= 0.3 is 0 Å². The Morgan fingerprint density at radius 3 is 2.61 bits per heavy atom. The zero-order valence-electron chi connectivity index (χ0n) is 10.6. The lowest BCUT2D eigenvalue weighted by molar-refractivity contribution is -0.119. The van der Waals surface area contributed by atoms with Gasteiger partial charge in [-0.25, -0.2) is 9.97 Å². The number of thioether (sulfide) groups is 1. The van der Waals surface area contributed by atoms with Gasteiger partial charge in [0, 0.05) is 12.1 Å². The largest absolute Gasteiger partial charge is 0.383 e. The van der Waals surface area contributed by atoms with Gasteiger partial charge in [0.1, 0.15) is 11.6 Å². The highest BCUT2D eigenvalue weighted by molar-refractivity contribution is 7.99. The standard InChI is InChI=1S/C11H19N5OS/c1-3-4-7(2)14-10(17)6-18-11-15-8(12)5-9(13)16-11/h5,7H,3-4,6H2,1-2H3,(H,14,17)(H4,12,13,15,16)/t7-/m0/s1. The highest BCUT2D eigenvalue weighted by Gasteiger charge is 2.09. The Morgan fingerprint density at radius 1 is 1.44 bits per heavy atom. The van der Waals surface area contributed by atoms with E-state index in [1.807, 2.05) is 6.92 Å². The quantitative estimate of drug-likeness (QED) is 0.526. The van der Waals surface area contributed by atoms with Gasteiger partial charge in [-0.15, -0.1) is 0 Å². The van der Waals surface area contributed by atoms with Crippen LogP contribution in [-0.2, 0) is 4.79 Å².